The number of fused-ring (bicyclic) bond motifs is 1. The molecule has 136 valence electrons. The van der Waals surface area contributed by atoms with E-state index in [0.717, 1.165) is 36.2 Å². The molecule has 1 unspecified atom stereocenters. The molecule has 1 aliphatic heterocycles. The molecule has 26 heavy (non-hydrogen) atoms. The first-order chi connectivity index (χ1) is 12.4. The molecule has 0 fully saturated rings. The maximum absolute atomic E-state index is 13.1. The number of rotatable bonds is 4. The van der Waals surface area contributed by atoms with Crippen LogP contribution in [0.2, 0.25) is 0 Å². The molecule has 0 spiro atoms. The van der Waals surface area contributed by atoms with Gasteiger partial charge in [0, 0.05) is 19.2 Å². The Morgan fingerprint density at radius 2 is 1.77 bits per heavy atom. The van der Waals surface area contributed by atoms with Crippen molar-refractivity contribution in [1.82, 2.24) is 5.32 Å². The molecule has 1 N–H and O–H groups in total. The van der Waals surface area contributed by atoms with E-state index in [9.17, 15) is 9.59 Å². The molecule has 0 bridgehead atoms. The number of anilines is 1. The fourth-order valence-electron chi connectivity index (χ4n) is 3.57. The number of aryl methyl sites for hydroxylation is 3. The summed E-state index contributed by atoms with van der Waals surface area (Å²) in [6.07, 6.45) is 2.24. The number of nitrogens with one attached hydrogen (secondary N) is 1. The summed E-state index contributed by atoms with van der Waals surface area (Å²) in [7, 11) is 0. The van der Waals surface area contributed by atoms with Crippen LogP contribution in [0.5, 0.6) is 0 Å². The quantitative estimate of drug-likeness (QED) is 0.910. The van der Waals surface area contributed by atoms with Crippen LogP contribution in [0.25, 0.3) is 0 Å². The van der Waals surface area contributed by atoms with Crippen LogP contribution >= 0.6 is 0 Å². The van der Waals surface area contributed by atoms with Gasteiger partial charge in [-0.1, -0.05) is 47.5 Å². The Balaban J connectivity index is 1.82. The number of benzene rings is 2. The highest BCUT2D eigenvalue weighted by atomic mass is 16.2. The van der Waals surface area contributed by atoms with Gasteiger partial charge in [-0.2, -0.15) is 0 Å². The Morgan fingerprint density at radius 3 is 2.46 bits per heavy atom. The van der Waals surface area contributed by atoms with Gasteiger partial charge in [0.2, 0.25) is 11.8 Å². The summed E-state index contributed by atoms with van der Waals surface area (Å²) in [6.45, 7) is 6.32. The summed E-state index contributed by atoms with van der Waals surface area (Å²) < 4.78 is 0. The largest absolute Gasteiger partial charge is 0.349 e. The van der Waals surface area contributed by atoms with Gasteiger partial charge in [-0.3, -0.25) is 9.59 Å². The lowest BCUT2D eigenvalue weighted by atomic mass is 9.97. The molecule has 0 aliphatic carbocycles. The number of carbonyl (C=O) groups is 2. The van der Waals surface area contributed by atoms with Gasteiger partial charge in [-0.05, 0) is 43.9 Å². The molecule has 0 saturated carbocycles. The van der Waals surface area contributed by atoms with Crippen molar-refractivity contribution in [2.24, 2.45) is 0 Å². The lowest BCUT2D eigenvalue weighted by Crippen LogP contribution is -2.38. The van der Waals surface area contributed by atoms with Gasteiger partial charge in [0.15, 0.2) is 0 Å². The van der Waals surface area contributed by atoms with Crippen LogP contribution in [0.15, 0.2) is 42.5 Å². The van der Waals surface area contributed by atoms with Crippen LogP contribution in [-0.4, -0.2) is 18.4 Å². The van der Waals surface area contributed by atoms with Crippen molar-refractivity contribution >= 4 is 17.5 Å². The standard InChI is InChI=1S/C22H26N2O2/c1-15-6-9-18(10-7-15)20(23-17(3)25)14-22(26)24-12-4-5-19-13-16(2)8-11-21(19)24/h6-11,13,20H,4-5,12,14H2,1-3H3,(H,23,25). The smallest absolute Gasteiger partial charge is 0.229 e. The number of hydrogen-bond acceptors (Lipinski definition) is 2. The first-order valence-corrected chi connectivity index (χ1v) is 9.17. The van der Waals surface area contributed by atoms with Crippen LogP contribution < -0.4 is 10.2 Å². The normalized spacial score (nSPS) is 14.5. The fourth-order valence-corrected chi connectivity index (χ4v) is 3.57. The highest BCUT2D eigenvalue weighted by Crippen LogP contribution is 2.30. The van der Waals surface area contributed by atoms with E-state index >= 15 is 0 Å². The Morgan fingerprint density at radius 1 is 1.08 bits per heavy atom. The van der Waals surface area contributed by atoms with E-state index in [-0.39, 0.29) is 24.3 Å². The van der Waals surface area contributed by atoms with E-state index in [1.807, 2.05) is 42.2 Å². The van der Waals surface area contributed by atoms with Crippen molar-refractivity contribution in [3.8, 4) is 0 Å². The van der Waals surface area contributed by atoms with Gasteiger partial charge in [0.25, 0.3) is 0 Å². The van der Waals surface area contributed by atoms with E-state index in [1.165, 1.54) is 18.1 Å². The van der Waals surface area contributed by atoms with Crippen LogP contribution in [-0.2, 0) is 16.0 Å². The van der Waals surface area contributed by atoms with Crippen molar-refractivity contribution in [3.05, 3.63) is 64.7 Å². The Labute approximate surface area is 155 Å². The average molecular weight is 350 g/mol. The molecule has 0 radical (unpaired) electrons. The molecule has 4 heteroatoms. The Bertz CT molecular complexity index is 811. The van der Waals surface area contributed by atoms with Gasteiger partial charge in [-0.25, -0.2) is 0 Å². The minimum Gasteiger partial charge on any atom is -0.349 e. The van der Waals surface area contributed by atoms with Gasteiger partial charge >= 0.3 is 0 Å². The van der Waals surface area contributed by atoms with Crippen LogP contribution in [0.1, 0.15) is 48.1 Å². The number of nitrogens with zero attached hydrogens (tertiary/aromatic N) is 1. The second-order valence-corrected chi connectivity index (χ2v) is 7.15. The second-order valence-electron chi connectivity index (χ2n) is 7.15. The summed E-state index contributed by atoms with van der Waals surface area (Å²) in [4.78, 5) is 26.6. The highest BCUT2D eigenvalue weighted by Gasteiger charge is 2.26. The predicted octanol–water partition coefficient (Wildman–Crippen LogP) is 3.85. The van der Waals surface area contributed by atoms with Crippen LogP contribution in [0.4, 0.5) is 5.69 Å². The zero-order valence-electron chi connectivity index (χ0n) is 15.7. The van der Waals surface area contributed by atoms with E-state index < -0.39 is 0 Å². The third-order valence-electron chi connectivity index (χ3n) is 4.89. The van der Waals surface area contributed by atoms with E-state index in [4.69, 9.17) is 0 Å². The second kappa shape index (κ2) is 7.73. The first kappa shape index (κ1) is 18.2. The van der Waals surface area contributed by atoms with Gasteiger partial charge < -0.3 is 10.2 Å². The average Bonchev–Trinajstić information content (AvgIpc) is 2.60. The Hall–Kier alpha value is -2.62. The summed E-state index contributed by atoms with van der Waals surface area (Å²) in [5, 5.41) is 2.93. The monoisotopic (exact) mass is 350 g/mol. The number of carbonyl (C=O) groups excluding carboxylic acids is 2. The lowest BCUT2D eigenvalue weighted by molar-refractivity contribution is -0.121. The molecule has 2 aromatic rings. The zero-order valence-corrected chi connectivity index (χ0v) is 15.7. The lowest BCUT2D eigenvalue weighted by Gasteiger charge is -2.31. The molecular formula is C22H26N2O2. The van der Waals surface area contributed by atoms with Crippen molar-refractivity contribution in [1.29, 1.82) is 0 Å². The molecule has 0 saturated heterocycles. The molecular weight excluding hydrogens is 324 g/mol. The van der Waals surface area contributed by atoms with Gasteiger partial charge in [-0.15, -0.1) is 0 Å². The van der Waals surface area contributed by atoms with Crippen molar-refractivity contribution in [3.63, 3.8) is 0 Å². The first-order valence-electron chi connectivity index (χ1n) is 9.17. The minimum atomic E-state index is -0.309. The summed E-state index contributed by atoms with van der Waals surface area (Å²) in [5.74, 6) is -0.0767. The van der Waals surface area contributed by atoms with Gasteiger partial charge in [0.1, 0.15) is 0 Å². The molecule has 1 atom stereocenters. The van der Waals surface area contributed by atoms with Gasteiger partial charge in [0.05, 0.1) is 12.5 Å². The van der Waals surface area contributed by atoms with Crippen molar-refractivity contribution in [2.45, 2.75) is 46.1 Å². The van der Waals surface area contributed by atoms with Crippen molar-refractivity contribution in [2.75, 3.05) is 11.4 Å². The molecule has 1 heterocycles. The Kier molecular flexibility index (Phi) is 5.40. The minimum absolute atomic E-state index is 0.0501. The van der Waals surface area contributed by atoms with Crippen molar-refractivity contribution < 1.29 is 9.59 Å². The topological polar surface area (TPSA) is 49.4 Å². The SMILES string of the molecule is CC(=O)NC(CC(=O)N1CCCc2cc(C)ccc21)c1ccc(C)cc1. The van der Waals surface area contributed by atoms with Crippen LogP contribution in [0.3, 0.4) is 0 Å². The third-order valence-corrected chi connectivity index (χ3v) is 4.89. The van der Waals surface area contributed by atoms with E-state index in [0.29, 0.717) is 0 Å². The van der Waals surface area contributed by atoms with Crippen LogP contribution in [0, 0.1) is 13.8 Å². The fraction of sp³-hybridized carbons (Fsp3) is 0.364. The highest BCUT2D eigenvalue weighted by molar-refractivity contribution is 5.95. The summed E-state index contributed by atoms with van der Waals surface area (Å²) in [6, 6.07) is 13.9. The molecule has 2 amide bonds. The number of hydrogen-bond donors (Lipinski definition) is 1. The molecule has 2 aromatic carbocycles. The van der Waals surface area contributed by atoms with E-state index in [2.05, 4.69) is 24.4 Å². The summed E-state index contributed by atoms with van der Waals surface area (Å²) >= 11 is 0. The van der Waals surface area contributed by atoms with E-state index in [1.54, 1.807) is 0 Å². The zero-order chi connectivity index (χ0) is 18.7. The number of amides is 2. The molecule has 1 aliphatic rings. The molecule has 0 aromatic heterocycles. The predicted molar refractivity (Wildman–Crippen MR) is 104 cm³/mol. The summed E-state index contributed by atoms with van der Waals surface area (Å²) in [5.41, 5.74) is 5.57. The molecule has 3 rings (SSSR count). The maximum Gasteiger partial charge on any atom is 0.229 e. The molecule has 4 nitrogen and oxygen atoms in total. The maximum atomic E-state index is 13.1. The third kappa shape index (κ3) is 4.13.